The average molecular weight is 572 g/mol. The molecule has 2 saturated heterocycles. The normalized spacial score (nSPS) is 20.6. The van der Waals surface area contributed by atoms with Crippen molar-refractivity contribution in [1.82, 2.24) is 14.8 Å². The quantitative estimate of drug-likeness (QED) is 0.529. The van der Waals surface area contributed by atoms with Crippen LogP contribution in [0.4, 0.5) is 26.3 Å². The van der Waals surface area contributed by atoms with Crippen LogP contribution in [0.15, 0.2) is 41.4 Å². The Morgan fingerprint density at radius 3 is 2.05 bits per heavy atom. The zero-order chi connectivity index (χ0) is 28.4. The van der Waals surface area contributed by atoms with Crippen molar-refractivity contribution in [2.45, 2.75) is 31.9 Å². The van der Waals surface area contributed by atoms with Gasteiger partial charge in [0.1, 0.15) is 0 Å². The van der Waals surface area contributed by atoms with Crippen molar-refractivity contribution in [3.63, 3.8) is 0 Å². The number of carbonyl (C=O) groups is 2. The highest BCUT2D eigenvalue weighted by atomic mass is 32.1. The molecule has 1 unspecified atom stereocenters. The molecule has 212 valence electrons. The molecule has 2 aliphatic rings. The summed E-state index contributed by atoms with van der Waals surface area (Å²) in [5, 5.41) is 18.7. The van der Waals surface area contributed by atoms with Crippen LogP contribution in [-0.4, -0.2) is 88.7 Å². The summed E-state index contributed by atoms with van der Waals surface area (Å²) < 4.78 is 69.5. The van der Waals surface area contributed by atoms with E-state index in [4.69, 9.17) is 24.5 Å². The fraction of sp³-hybridized carbons (Fsp3) is 0.522. The number of aromatic nitrogens is 1. The Kier molecular flexibility index (Phi) is 11.5. The van der Waals surface area contributed by atoms with E-state index in [1.165, 1.54) is 17.5 Å². The zero-order valence-corrected chi connectivity index (χ0v) is 20.9. The van der Waals surface area contributed by atoms with E-state index in [-0.39, 0.29) is 5.41 Å². The van der Waals surface area contributed by atoms with Gasteiger partial charge in [-0.2, -0.15) is 37.7 Å². The first kappa shape index (κ1) is 31.5. The Hall–Kier alpha value is -2.75. The number of alkyl halides is 6. The van der Waals surface area contributed by atoms with Crippen molar-refractivity contribution in [1.29, 1.82) is 0 Å². The fourth-order valence-corrected chi connectivity index (χ4v) is 4.68. The van der Waals surface area contributed by atoms with Crippen LogP contribution in [0.5, 0.6) is 0 Å². The van der Waals surface area contributed by atoms with E-state index in [1.54, 1.807) is 11.3 Å². The van der Waals surface area contributed by atoms with E-state index in [1.807, 2.05) is 18.5 Å². The first-order chi connectivity index (χ1) is 17.7. The molecule has 0 aromatic carbocycles. The van der Waals surface area contributed by atoms with E-state index in [0.29, 0.717) is 0 Å². The molecule has 38 heavy (non-hydrogen) atoms. The molecule has 2 aromatic heterocycles. The number of hydrogen-bond donors (Lipinski definition) is 2. The van der Waals surface area contributed by atoms with Gasteiger partial charge in [-0.3, -0.25) is 14.8 Å². The molecule has 4 heterocycles. The molecular formula is C23H27F6N3O5S. The van der Waals surface area contributed by atoms with Gasteiger partial charge in [-0.05, 0) is 47.0 Å². The summed E-state index contributed by atoms with van der Waals surface area (Å²) in [5.74, 6) is -5.51. The minimum absolute atomic E-state index is 0.286. The van der Waals surface area contributed by atoms with Gasteiger partial charge in [0.05, 0.1) is 13.2 Å². The monoisotopic (exact) mass is 571 g/mol. The minimum atomic E-state index is -5.08. The van der Waals surface area contributed by atoms with E-state index >= 15 is 0 Å². The summed E-state index contributed by atoms with van der Waals surface area (Å²) in [5.41, 5.74) is 3.02. The first-order valence-corrected chi connectivity index (χ1v) is 12.2. The lowest BCUT2D eigenvalue weighted by Gasteiger charge is -2.32. The van der Waals surface area contributed by atoms with E-state index < -0.39 is 24.3 Å². The summed E-state index contributed by atoms with van der Waals surface area (Å²) >= 11 is 1.79. The second kappa shape index (κ2) is 13.9. The van der Waals surface area contributed by atoms with Gasteiger partial charge in [-0.15, -0.1) is 0 Å². The summed E-state index contributed by atoms with van der Waals surface area (Å²) in [4.78, 5) is 27.2. The number of pyridine rings is 1. The number of carboxylic acids is 2. The molecule has 4 rings (SSSR count). The minimum Gasteiger partial charge on any atom is -0.475 e. The Morgan fingerprint density at radius 2 is 1.55 bits per heavy atom. The Morgan fingerprint density at radius 1 is 0.974 bits per heavy atom. The lowest BCUT2D eigenvalue weighted by atomic mass is 9.87. The van der Waals surface area contributed by atoms with Crippen molar-refractivity contribution in [3.8, 4) is 0 Å². The van der Waals surface area contributed by atoms with Crippen LogP contribution >= 0.6 is 11.3 Å². The molecule has 8 nitrogen and oxygen atoms in total. The van der Waals surface area contributed by atoms with Crippen molar-refractivity contribution in [3.05, 3.63) is 52.5 Å². The third kappa shape index (κ3) is 10.9. The largest absolute Gasteiger partial charge is 0.490 e. The van der Waals surface area contributed by atoms with Crippen LogP contribution in [0.25, 0.3) is 0 Å². The SMILES string of the molecule is O=C(O)C(F)(F)F.O=C(O)C(F)(F)F.c1cncc(CN2CCC3(COCCN(Cc4ccsc4)C3)C2)c1. The zero-order valence-electron chi connectivity index (χ0n) is 20.0. The number of aliphatic carboxylic acids is 2. The van der Waals surface area contributed by atoms with E-state index in [2.05, 4.69) is 37.7 Å². The number of ether oxygens (including phenoxy) is 1. The molecule has 2 fully saturated rings. The summed E-state index contributed by atoms with van der Waals surface area (Å²) in [7, 11) is 0. The lowest BCUT2D eigenvalue weighted by molar-refractivity contribution is -0.193. The number of hydrogen-bond acceptors (Lipinski definition) is 7. The maximum Gasteiger partial charge on any atom is 0.490 e. The highest BCUT2D eigenvalue weighted by Crippen LogP contribution is 2.34. The van der Waals surface area contributed by atoms with Gasteiger partial charge in [-0.25, -0.2) is 9.59 Å². The van der Waals surface area contributed by atoms with E-state index in [9.17, 15) is 26.3 Å². The highest BCUT2D eigenvalue weighted by molar-refractivity contribution is 7.07. The third-order valence-electron chi connectivity index (χ3n) is 5.64. The van der Waals surface area contributed by atoms with E-state index in [0.717, 1.165) is 52.5 Å². The topological polar surface area (TPSA) is 103 Å². The molecule has 0 aliphatic carbocycles. The lowest BCUT2D eigenvalue weighted by Crippen LogP contribution is -2.40. The summed E-state index contributed by atoms with van der Waals surface area (Å²) in [6.45, 7) is 8.28. The molecule has 0 saturated carbocycles. The predicted molar refractivity (Wildman–Crippen MR) is 124 cm³/mol. The van der Waals surface area contributed by atoms with Crippen molar-refractivity contribution < 1.29 is 50.9 Å². The van der Waals surface area contributed by atoms with Gasteiger partial charge in [0, 0.05) is 50.5 Å². The summed E-state index contributed by atoms with van der Waals surface area (Å²) in [6, 6.07) is 6.44. The number of carboxylic acid groups (broad SMARTS) is 2. The maximum absolute atomic E-state index is 10.6. The van der Waals surface area contributed by atoms with Crippen LogP contribution in [0, 0.1) is 5.41 Å². The number of rotatable bonds is 4. The number of halogens is 6. The Labute approximate surface area is 218 Å². The molecule has 1 spiro atoms. The average Bonchev–Trinajstić information content (AvgIpc) is 3.42. The second-order valence-electron chi connectivity index (χ2n) is 8.82. The first-order valence-electron chi connectivity index (χ1n) is 11.2. The molecule has 2 aromatic rings. The van der Waals surface area contributed by atoms with Crippen molar-refractivity contribution in [2.24, 2.45) is 5.41 Å². The molecule has 0 radical (unpaired) electrons. The number of thiophene rings is 1. The fourth-order valence-electron chi connectivity index (χ4n) is 4.02. The van der Waals surface area contributed by atoms with Crippen LogP contribution in [0.3, 0.4) is 0 Å². The molecule has 0 bridgehead atoms. The number of nitrogens with zero attached hydrogens (tertiary/aromatic N) is 3. The van der Waals surface area contributed by atoms with Crippen LogP contribution in [0.1, 0.15) is 17.5 Å². The number of likely N-dealkylation sites (tertiary alicyclic amines) is 1. The van der Waals surface area contributed by atoms with Gasteiger partial charge in [0.15, 0.2) is 0 Å². The molecule has 2 N–H and O–H groups in total. The molecule has 1 atom stereocenters. The van der Waals surface area contributed by atoms with Crippen molar-refractivity contribution >= 4 is 23.3 Å². The molecule has 2 aliphatic heterocycles. The smallest absolute Gasteiger partial charge is 0.475 e. The van der Waals surface area contributed by atoms with Gasteiger partial charge in [-0.1, -0.05) is 6.07 Å². The van der Waals surface area contributed by atoms with Gasteiger partial charge in [0.25, 0.3) is 0 Å². The molecule has 15 heteroatoms. The maximum atomic E-state index is 10.6. The standard InChI is InChI=1S/C19H25N3OS.2C2HF3O2/c1-2-17(10-20-5-1)11-21-6-4-19(14-21)15-22(7-8-23-16-19)12-18-3-9-24-13-18;2*3-2(4,5)1(6)7/h1-3,5,9-10,13H,4,6-8,11-12,14-16H2;2*(H,6,7). The van der Waals surface area contributed by atoms with Gasteiger partial charge < -0.3 is 14.9 Å². The highest BCUT2D eigenvalue weighted by Gasteiger charge is 2.41. The third-order valence-corrected chi connectivity index (χ3v) is 6.37. The predicted octanol–water partition coefficient (Wildman–Crippen LogP) is 4.13. The van der Waals surface area contributed by atoms with Gasteiger partial charge in [0.2, 0.25) is 0 Å². The molecular weight excluding hydrogens is 544 g/mol. The molecule has 0 amide bonds. The van der Waals surface area contributed by atoms with Crippen molar-refractivity contribution in [2.75, 3.05) is 39.4 Å². The Bertz CT molecular complexity index is 983. The van der Waals surface area contributed by atoms with Crippen LogP contribution < -0.4 is 0 Å². The van der Waals surface area contributed by atoms with Gasteiger partial charge >= 0.3 is 24.3 Å². The Balaban J connectivity index is 0.000000301. The summed E-state index contributed by atoms with van der Waals surface area (Å²) in [6.07, 6.45) is -5.11. The second-order valence-corrected chi connectivity index (χ2v) is 9.60. The van der Waals surface area contributed by atoms with Crippen LogP contribution in [0.2, 0.25) is 0 Å². The van der Waals surface area contributed by atoms with Crippen LogP contribution in [-0.2, 0) is 27.4 Å².